The number of carbonyl (C=O) groups excluding carboxylic acids is 1. The van der Waals surface area contributed by atoms with Crippen LogP contribution in [0.25, 0.3) is 0 Å². The molecule has 0 aliphatic rings. The molecule has 0 heterocycles. The second-order valence-electron chi connectivity index (χ2n) is 5.95. The van der Waals surface area contributed by atoms with Crippen LogP contribution >= 0.6 is 11.6 Å². The molecule has 0 saturated carbocycles. The minimum Gasteiger partial charge on any atom is -0.506 e. The topological polar surface area (TPSA) is 105 Å². The van der Waals surface area contributed by atoms with E-state index in [0.717, 1.165) is 0 Å². The number of phenols is 1. The number of sulfonamides is 1. The molecule has 3 aromatic carbocycles. The Morgan fingerprint density at radius 3 is 2.48 bits per heavy atom. The van der Waals surface area contributed by atoms with Crippen molar-refractivity contribution < 1.29 is 23.1 Å². The molecule has 3 N–H and O–H groups in total. The molecule has 3 aromatic rings. The van der Waals surface area contributed by atoms with Gasteiger partial charge in [-0.1, -0.05) is 29.8 Å². The van der Waals surface area contributed by atoms with Gasteiger partial charge in [0.1, 0.15) is 11.5 Å². The Hall–Kier alpha value is -3.23. The van der Waals surface area contributed by atoms with Crippen LogP contribution in [0.5, 0.6) is 11.5 Å². The molecular weight excluding hydrogens is 416 g/mol. The Balaban J connectivity index is 1.87. The molecule has 1 amide bonds. The smallest absolute Gasteiger partial charge is 0.262 e. The van der Waals surface area contributed by atoms with E-state index < -0.39 is 15.9 Å². The number of methoxy groups -OCH3 is 1. The zero-order valence-electron chi connectivity index (χ0n) is 15.2. The number of anilines is 2. The van der Waals surface area contributed by atoms with Crippen molar-refractivity contribution in [1.29, 1.82) is 0 Å². The molecule has 3 rings (SSSR count). The molecule has 0 spiro atoms. The third-order valence-corrected chi connectivity index (χ3v) is 5.56. The van der Waals surface area contributed by atoms with Crippen LogP contribution in [-0.2, 0) is 10.0 Å². The molecule has 0 radical (unpaired) electrons. The average Bonchev–Trinajstić information content (AvgIpc) is 2.70. The van der Waals surface area contributed by atoms with E-state index in [4.69, 9.17) is 16.3 Å². The highest BCUT2D eigenvalue weighted by atomic mass is 35.5. The molecular formula is C20H17ClN2O5S. The van der Waals surface area contributed by atoms with Gasteiger partial charge in [0.2, 0.25) is 0 Å². The maximum atomic E-state index is 12.8. The minimum absolute atomic E-state index is 0.0978. The van der Waals surface area contributed by atoms with Crippen molar-refractivity contribution in [3.05, 3.63) is 77.3 Å². The summed E-state index contributed by atoms with van der Waals surface area (Å²) in [7, 11) is -2.61. The number of nitrogens with one attached hydrogen (secondary N) is 2. The van der Waals surface area contributed by atoms with Crippen LogP contribution in [0.4, 0.5) is 11.4 Å². The van der Waals surface area contributed by atoms with E-state index in [-0.39, 0.29) is 27.6 Å². The predicted octanol–water partition coefficient (Wildman–Crippen LogP) is 4.11. The van der Waals surface area contributed by atoms with Gasteiger partial charge in [-0.05, 0) is 48.5 Å². The van der Waals surface area contributed by atoms with Crippen molar-refractivity contribution in [2.75, 3.05) is 17.1 Å². The summed E-state index contributed by atoms with van der Waals surface area (Å²) in [6.45, 7) is 0. The molecule has 0 bridgehead atoms. The number of aromatic hydroxyl groups is 1. The molecule has 150 valence electrons. The van der Waals surface area contributed by atoms with Crippen molar-refractivity contribution in [1.82, 2.24) is 0 Å². The van der Waals surface area contributed by atoms with Crippen LogP contribution in [0, 0.1) is 0 Å². The van der Waals surface area contributed by atoms with E-state index in [1.807, 2.05) is 0 Å². The number of amides is 1. The van der Waals surface area contributed by atoms with Crippen LogP contribution in [0.3, 0.4) is 0 Å². The Kier molecular flexibility index (Phi) is 5.95. The van der Waals surface area contributed by atoms with Crippen molar-refractivity contribution in [3.63, 3.8) is 0 Å². The maximum absolute atomic E-state index is 12.8. The normalized spacial score (nSPS) is 11.0. The Morgan fingerprint density at radius 2 is 1.76 bits per heavy atom. The lowest BCUT2D eigenvalue weighted by Crippen LogP contribution is -2.16. The molecule has 0 aliphatic heterocycles. The number of halogens is 1. The van der Waals surface area contributed by atoms with Crippen LogP contribution < -0.4 is 14.8 Å². The molecule has 0 unspecified atom stereocenters. The second-order valence-corrected chi connectivity index (χ2v) is 8.07. The fourth-order valence-electron chi connectivity index (χ4n) is 2.54. The average molecular weight is 433 g/mol. The number of carbonyl (C=O) groups is 1. The lowest BCUT2D eigenvalue weighted by molar-refractivity contribution is 0.102. The molecule has 0 saturated heterocycles. The van der Waals surface area contributed by atoms with Crippen LogP contribution in [0.1, 0.15) is 10.4 Å². The highest BCUT2D eigenvalue weighted by Crippen LogP contribution is 2.30. The summed E-state index contributed by atoms with van der Waals surface area (Å²) in [4.78, 5) is 12.4. The van der Waals surface area contributed by atoms with Crippen LogP contribution in [0.2, 0.25) is 5.02 Å². The summed E-state index contributed by atoms with van der Waals surface area (Å²) in [6.07, 6.45) is 0. The van der Waals surface area contributed by atoms with Crippen LogP contribution in [0.15, 0.2) is 71.6 Å². The van der Waals surface area contributed by atoms with Gasteiger partial charge < -0.3 is 15.2 Å². The number of ether oxygens (including phenoxy) is 1. The standard InChI is InChI=1S/C20H17ClN2O5S/c1-28-19-10-9-14(21)12-17(19)23-29(26,27)15-6-4-5-13(11-15)20(25)22-16-7-2-3-8-18(16)24/h2-12,23-24H,1H3,(H,22,25). The van der Waals surface area contributed by atoms with E-state index >= 15 is 0 Å². The third kappa shape index (κ3) is 4.79. The molecule has 0 aromatic heterocycles. The van der Waals surface area contributed by atoms with Crippen molar-refractivity contribution in [2.45, 2.75) is 4.90 Å². The molecule has 7 nitrogen and oxygen atoms in total. The number of benzene rings is 3. The van der Waals surface area contributed by atoms with Gasteiger partial charge in [-0.25, -0.2) is 8.42 Å². The highest BCUT2D eigenvalue weighted by molar-refractivity contribution is 7.92. The summed E-state index contributed by atoms with van der Waals surface area (Å²) in [5, 5.41) is 12.7. The summed E-state index contributed by atoms with van der Waals surface area (Å²) in [6, 6.07) is 16.3. The Bertz CT molecular complexity index is 1170. The summed E-state index contributed by atoms with van der Waals surface area (Å²) in [5.41, 5.74) is 0.491. The molecule has 9 heteroatoms. The SMILES string of the molecule is COc1ccc(Cl)cc1NS(=O)(=O)c1cccc(C(=O)Nc2ccccc2O)c1. The van der Waals surface area contributed by atoms with Gasteiger partial charge in [0.15, 0.2) is 0 Å². The molecule has 0 aliphatic carbocycles. The van der Waals surface area contributed by atoms with Gasteiger partial charge in [-0.2, -0.15) is 0 Å². The predicted molar refractivity (Wildman–Crippen MR) is 111 cm³/mol. The second kappa shape index (κ2) is 8.42. The Morgan fingerprint density at radius 1 is 1.00 bits per heavy atom. The zero-order valence-corrected chi connectivity index (χ0v) is 16.8. The first-order chi connectivity index (χ1) is 13.8. The van der Waals surface area contributed by atoms with E-state index in [9.17, 15) is 18.3 Å². The quantitative estimate of drug-likeness (QED) is 0.508. The maximum Gasteiger partial charge on any atom is 0.262 e. The van der Waals surface area contributed by atoms with Gasteiger partial charge in [0.25, 0.3) is 15.9 Å². The fourth-order valence-corrected chi connectivity index (χ4v) is 3.82. The van der Waals surface area contributed by atoms with Crippen molar-refractivity contribution in [3.8, 4) is 11.5 Å². The van der Waals surface area contributed by atoms with Crippen molar-refractivity contribution >= 4 is 38.9 Å². The first-order valence-electron chi connectivity index (χ1n) is 8.36. The largest absolute Gasteiger partial charge is 0.506 e. The van der Waals surface area contributed by atoms with Gasteiger partial charge in [-0.3, -0.25) is 9.52 Å². The summed E-state index contributed by atoms with van der Waals surface area (Å²) < 4.78 is 33.1. The number of para-hydroxylation sites is 2. The fraction of sp³-hybridized carbons (Fsp3) is 0.0500. The monoisotopic (exact) mass is 432 g/mol. The summed E-state index contributed by atoms with van der Waals surface area (Å²) in [5.74, 6) is -0.366. The minimum atomic E-state index is -4.02. The van der Waals surface area contributed by atoms with E-state index in [0.29, 0.717) is 10.8 Å². The third-order valence-electron chi connectivity index (χ3n) is 3.96. The van der Waals surface area contributed by atoms with E-state index in [2.05, 4.69) is 10.0 Å². The molecule has 0 atom stereocenters. The molecule has 29 heavy (non-hydrogen) atoms. The number of rotatable bonds is 6. The number of phenolic OH excluding ortho intramolecular Hbond substituents is 1. The van der Waals surface area contributed by atoms with Gasteiger partial charge in [0, 0.05) is 10.6 Å². The number of hydrogen-bond donors (Lipinski definition) is 3. The lowest BCUT2D eigenvalue weighted by atomic mass is 10.2. The van der Waals surface area contributed by atoms with Gasteiger partial charge in [-0.15, -0.1) is 0 Å². The Labute approximate surface area is 173 Å². The first kappa shape index (κ1) is 20.5. The van der Waals surface area contributed by atoms with Crippen molar-refractivity contribution in [2.24, 2.45) is 0 Å². The zero-order chi connectivity index (χ0) is 21.0. The summed E-state index contributed by atoms with van der Waals surface area (Å²) >= 11 is 5.94. The van der Waals surface area contributed by atoms with E-state index in [1.54, 1.807) is 18.2 Å². The lowest BCUT2D eigenvalue weighted by Gasteiger charge is -2.13. The van der Waals surface area contributed by atoms with Gasteiger partial charge >= 0.3 is 0 Å². The van der Waals surface area contributed by atoms with E-state index in [1.165, 1.54) is 55.6 Å². The number of hydrogen-bond acceptors (Lipinski definition) is 5. The van der Waals surface area contributed by atoms with Crippen LogP contribution in [-0.4, -0.2) is 26.5 Å². The molecule has 0 fully saturated rings. The highest BCUT2D eigenvalue weighted by Gasteiger charge is 2.19. The van der Waals surface area contributed by atoms with Gasteiger partial charge in [0.05, 0.1) is 23.4 Å². The first-order valence-corrected chi connectivity index (χ1v) is 10.2.